The zero-order valence-electron chi connectivity index (χ0n) is 18.7. The van der Waals surface area contributed by atoms with E-state index in [2.05, 4.69) is 37.3 Å². The number of rotatable bonds is 5. The van der Waals surface area contributed by atoms with E-state index in [1.165, 1.54) is 33.4 Å². The molecule has 0 spiro atoms. The van der Waals surface area contributed by atoms with Gasteiger partial charge in [0.25, 0.3) is 0 Å². The first kappa shape index (κ1) is 22.6. The van der Waals surface area contributed by atoms with Crippen LogP contribution in [0.4, 0.5) is 0 Å². The minimum Gasteiger partial charge on any atom is -1.00 e. The van der Waals surface area contributed by atoms with Gasteiger partial charge in [0, 0.05) is 15.8 Å². The van der Waals surface area contributed by atoms with Crippen LogP contribution >= 0.6 is 11.3 Å². The molecule has 4 aromatic rings. The molecule has 0 saturated heterocycles. The molecule has 0 amide bonds. The molecule has 5 heteroatoms. The second-order valence-electron chi connectivity index (χ2n) is 8.27. The molecule has 1 aliphatic carbocycles. The maximum Gasteiger partial charge on any atom is 0.125 e. The highest BCUT2D eigenvalue weighted by molar-refractivity contribution is 7.19. The summed E-state index contributed by atoms with van der Waals surface area (Å²) < 4.78 is 11.0. The van der Waals surface area contributed by atoms with Crippen molar-refractivity contribution < 1.29 is 21.9 Å². The topological polar surface area (TPSA) is 31.4 Å². The number of methoxy groups -OCH3 is 1. The molecule has 32 heavy (non-hydrogen) atoms. The number of aryl methyl sites for hydroxylation is 1. The van der Waals surface area contributed by atoms with E-state index in [1.807, 2.05) is 42.5 Å². The molecule has 0 bridgehead atoms. The van der Waals surface area contributed by atoms with Gasteiger partial charge in [0.15, 0.2) is 0 Å². The lowest BCUT2D eigenvalue weighted by molar-refractivity contribution is -0.00000708. The van der Waals surface area contributed by atoms with Crippen LogP contribution in [0.1, 0.15) is 30.7 Å². The molecule has 3 nitrogen and oxygen atoms in total. The van der Waals surface area contributed by atoms with Crippen molar-refractivity contribution in [3.63, 3.8) is 0 Å². The third-order valence-corrected chi connectivity index (χ3v) is 7.28. The number of fused-ring (bicyclic) bond motifs is 3. The Kier molecular flexibility index (Phi) is 6.73. The van der Waals surface area contributed by atoms with Crippen molar-refractivity contribution in [2.24, 2.45) is 5.92 Å². The summed E-state index contributed by atoms with van der Waals surface area (Å²) in [5.41, 5.74) is 6.10. The Morgan fingerprint density at radius 1 is 1.00 bits per heavy atom. The molecular formula is C27H27ClNO2S-. The second-order valence-corrected chi connectivity index (χ2v) is 9.36. The number of halogens is 1. The van der Waals surface area contributed by atoms with Crippen molar-refractivity contribution in [2.75, 3.05) is 13.7 Å². The van der Waals surface area contributed by atoms with E-state index >= 15 is 0 Å². The van der Waals surface area contributed by atoms with Gasteiger partial charge in [-0.2, -0.15) is 0 Å². The highest BCUT2D eigenvalue weighted by Crippen LogP contribution is 2.43. The number of pyridine rings is 1. The summed E-state index contributed by atoms with van der Waals surface area (Å²) in [6, 6.07) is 18.9. The van der Waals surface area contributed by atoms with Gasteiger partial charge < -0.3 is 21.9 Å². The summed E-state index contributed by atoms with van der Waals surface area (Å²) in [5, 5.41) is 1.34. The van der Waals surface area contributed by atoms with Gasteiger partial charge >= 0.3 is 0 Å². The van der Waals surface area contributed by atoms with Crippen LogP contribution < -0.4 is 21.9 Å². The van der Waals surface area contributed by atoms with E-state index in [9.17, 15) is 0 Å². The lowest BCUT2D eigenvalue weighted by Crippen LogP contribution is -3.00. The Hall–Kier alpha value is -2.56. The maximum atomic E-state index is 5.62. The lowest BCUT2D eigenvalue weighted by Gasteiger charge is -2.18. The fourth-order valence-electron chi connectivity index (χ4n) is 4.48. The van der Waals surface area contributed by atoms with Crippen molar-refractivity contribution in [1.29, 1.82) is 0 Å². The molecule has 1 aliphatic rings. The summed E-state index contributed by atoms with van der Waals surface area (Å²) in [4.78, 5) is 7.79. The Balaban J connectivity index is 0.00000245. The van der Waals surface area contributed by atoms with Gasteiger partial charge in [-0.3, -0.25) is 0 Å². The monoisotopic (exact) mass is 464 g/mol. The van der Waals surface area contributed by atoms with Gasteiger partial charge in [0.05, 0.1) is 19.4 Å². The average Bonchev–Trinajstić information content (AvgIpc) is 3.16. The molecule has 0 saturated carbocycles. The van der Waals surface area contributed by atoms with Crippen molar-refractivity contribution in [3.05, 3.63) is 65.0 Å². The van der Waals surface area contributed by atoms with Crippen LogP contribution in [-0.2, 0) is 12.8 Å². The first-order valence-electron chi connectivity index (χ1n) is 11.0. The van der Waals surface area contributed by atoms with Crippen LogP contribution in [0.25, 0.3) is 32.6 Å². The Morgan fingerprint density at radius 2 is 1.69 bits per heavy atom. The number of aromatic nitrogens is 1. The summed E-state index contributed by atoms with van der Waals surface area (Å²) in [6.45, 7) is 5.03. The Labute approximate surface area is 199 Å². The molecule has 2 aromatic heterocycles. The average molecular weight is 465 g/mol. The third-order valence-electron chi connectivity index (χ3n) is 6.13. The molecule has 0 radical (unpaired) electrons. The fourth-order valence-corrected chi connectivity index (χ4v) is 5.89. The fraction of sp³-hybridized carbons (Fsp3) is 0.296. The number of hydrogen-bond acceptors (Lipinski definition) is 4. The minimum absolute atomic E-state index is 0. The predicted molar refractivity (Wildman–Crippen MR) is 129 cm³/mol. The van der Waals surface area contributed by atoms with Crippen LogP contribution in [0.2, 0.25) is 0 Å². The van der Waals surface area contributed by atoms with Crippen LogP contribution in [0.5, 0.6) is 11.5 Å². The van der Waals surface area contributed by atoms with E-state index < -0.39 is 0 Å². The zero-order valence-corrected chi connectivity index (χ0v) is 20.2. The maximum absolute atomic E-state index is 5.62. The smallest absolute Gasteiger partial charge is 0.125 e. The third kappa shape index (κ3) is 4.22. The highest BCUT2D eigenvalue weighted by atomic mass is 35.5. The van der Waals surface area contributed by atoms with E-state index in [0.717, 1.165) is 46.3 Å². The minimum atomic E-state index is 0. The van der Waals surface area contributed by atoms with Crippen molar-refractivity contribution >= 4 is 21.6 Å². The van der Waals surface area contributed by atoms with Gasteiger partial charge in [0.2, 0.25) is 0 Å². The summed E-state index contributed by atoms with van der Waals surface area (Å²) >= 11 is 1.88. The molecule has 1 atom stereocenters. The number of nitrogens with zero attached hydrogens (tertiary/aromatic N) is 1. The molecule has 0 aliphatic heterocycles. The van der Waals surface area contributed by atoms with Gasteiger partial charge in [-0.1, -0.05) is 19.1 Å². The van der Waals surface area contributed by atoms with Crippen molar-refractivity contribution in [1.82, 2.24) is 4.98 Å². The normalized spacial score (nSPS) is 15.2. The van der Waals surface area contributed by atoms with E-state index in [1.54, 1.807) is 7.11 Å². The number of ether oxygens (including phenoxy) is 2. The number of hydrogen-bond donors (Lipinski definition) is 0. The lowest BCUT2D eigenvalue weighted by atomic mass is 9.87. The Morgan fingerprint density at radius 3 is 2.38 bits per heavy atom. The van der Waals surface area contributed by atoms with E-state index in [0.29, 0.717) is 6.61 Å². The molecule has 0 N–H and O–H groups in total. The van der Waals surface area contributed by atoms with E-state index in [4.69, 9.17) is 14.5 Å². The molecule has 2 aromatic carbocycles. The van der Waals surface area contributed by atoms with Crippen LogP contribution in [-0.4, -0.2) is 18.7 Å². The SMILES string of the molecule is CCOc1ccc(-c2cc(-c3ccc(OC)cc3)c3c4c(sc3n2)CC(C)CC4)cc1.[Cl-]. The quantitative estimate of drug-likeness (QED) is 0.444. The van der Waals surface area contributed by atoms with Crippen LogP contribution in [0.3, 0.4) is 0 Å². The first-order chi connectivity index (χ1) is 15.2. The zero-order chi connectivity index (χ0) is 21.4. The predicted octanol–water partition coefficient (Wildman–Crippen LogP) is 4.17. The van der Waals surface area contributed by atoms with Gasteiger partial charge in [-0.25, -0.2) is 4.98 Å². The van der Waals surface area contributed by atoms with Gasteiger partial charge in [-0.15, -0.1) is 11.3 Å². The summed E-state index contributed by atoms with van der Waals surface area (Å²) in [7, 11) is 1.71. The van der Waals surface area contributed by atoms with Crippen molar-refractivity contribution in [3.8, 4) is 33.9 Å². The number of thiophene rings is 1. The molecule has 5 rings (SSSR count). The summed E-state index contributed by atoms with van der Waals surface area (Å²) in [5.74, 6) is 2.51. The van der Waals surface area contributed by atoms with Crippen molar-refractivity contribution in [2.45, 2.75) is 33.1 Å². The molecular weight excluding hydrogens is 438 g/mol. The molecule has 1 unspecified atom stereocenters. The molecule has 166 valence electrons. The van der Waals surface area contributed by atoms with Gasteiger partial charge in [-0.05, 0) is 91.3 Å². The van der Waals surface area contributed by atoms with Gasteiger partial charge in [0.1, 0.15) is 16.3 Å². The van der Waals surface area contributed by atoms with E-state index in [-0.39, 0.29) is 12.4 Å². The molecule has 0 fully saturated rings. The Bertz CT molecular complexity index is 1220. The standard InChI is InChI=1S/C27H27NO2S.ClH/c1-4-30-21-12-8-19(9-13-21)24-16-23(18-6-10-20(29-3)11-7-18)26-22-14-5-17(2)15-25(22)31-27(26)28-24;/h6-13,16-17H,4-5,14-15H2,1-3H3;1H/p-1. The largest absolute Gasteiger partial charge is 1.00 e. The molecule has 2 heterocycles. The highest BCUT2D eigenvalue weighted by Gasteiger charge is 2.24. The van der Waals surface area contributed by atoms with Crippen LogP contribution in [0.15, 0.2) is 54.6 Å². The van der Waals surface area contributed by atoms with Crippen LogP contribution in [0, 0.1) is 5.92 Å². The first-order valence-corrected chi connectivity index (χ1v) is 11.8. The number of benzene rings is 2. The summed E-state index contributed by atoms with van der Waals surface area (Å²) in [6.07, 6.45) is 3.56. The second kappa shape index (κ2) is 9.51.